The number of carbonyl (C=O) groups is 1. The molecule has 6 heteroatoms. The Morgan fingerprint density at radius 2 is 2.14 bits per heavy atom. The number of amides is 2. The molecule has 1 heterocycles. The normalized spacial score (nSPS) is 12.0. The second-order valence-corrected chi connectivity index (χ2v) is 5.17. The van der Waals surface area contributed by atoms with Gasteiger partial charge in [0.2, 0.25) is 0 Å². The molecule has 22 heavy (non-hydrogen) atoms. The van der Waals surface area contributed by atoms with Gasteiger partial charge in [0.1, 0.15) is 0 Å². The molecule has 6 nitrogen and oxygen atoms in total. The lowest BCUT2D eigenvalue weighted by Gasteiger charge is -2.14. The van der Waals surface area contributed by atoms with Crippen LogP contribution in [-0.4, -0.2) is 22.6 Å². The van der Waals surface area contributed by atoms with E-state index < -0.39 is 6.03 Å². The Bertz CT molecular complexity index is 543. The molecule has 0 bridgehead atoms. The molecule has 0 spiro atoms. The maximum atomic E-state index is 10.6. The summed E-state index contributed by atoms with van der Waals surface area (Å²) in [6, 6.07) is 9.75. The van der Waals surface area contributed by atoms with E-state index >= 15 is 0 Å². The van der Waals surface area contributed by atoms with Crippen molar-refractivity contribution in [3.05, 3.63) is 54.1 Å². The highest BCUT2D eigenvalue weighted by Crippen LogP contribution is 2.23. The van der Waals surface area contributed by atoms with Crippen LogP contribution in [0.2, 0.25) is 0 Å². The van der Waals surface area contributed by atoms with Crippen molar-refractivity contribution in [2.24, 2.45) is 5.73 Å². The highest BCUT2D eigenvalue weighted by atomic mass is 16.7. The molecule has 2 aromatic rings. The minimum absolute atomic E-state index is 0.296. The second kappa shape index (κ2) is 8.84. The van der Waals surface area contributed by atoms with E-state index in [2.05, 4.69) is 39.7 Å². The fourth-order valence-corrected chi connectivity index (χ4v) is 2.46. The Morgan fingerprint density at radius 1 is 1.32 bits per heavy atom. The summed E-state index contributed by atoms with van der Waals surface area (Å²) in [5.74, 6) is 0.296. The third-order valence-electron chi connectivity index (χ3n) is 3.54. The van der Waals surface area contributed by atoms with E-state index in [9.17, 15) is 4.79 Å². The number of aryl methyl sites for hydroxylation is 1. The molecule has 2 amide bonds. The largest absolute Gasteiger partial charge is 0.351 e. The fraction of sp³-hybridized carbons (Fsp3) is 0.375. The molecule has 0 saturated heterocycles. The maximum absolute atomic E-state index is 10.6. The predicted molar refractivity (Wildman–Crippen MR) is 84.0 cm³/mol. The molecule has 0 saturated carbocycles. The van der Waals surface area contributed by atoms with Crippen LogP contribution in [0.4, 0.5) is 4.79 Å². The molecular weight excluding hydrogens is 280 g/mol. The van der Waals surface area contributed by atoms with Gasteiger partial charge in [0.05, 0.1) is 18.6 Å². The summed E-state index contributed by atoms with van der Waals surface area (Å²) in [7, 11) is 0. The van der Waals surface area contributed by atoms with Crippen molar-refractivity contribution in [1.82, 2.24) is 15.4 Å². The molecule has 1 aromatic carbocycles. The minimum atomic E-state index is -0.680. The quantitative estimate of drug-likeness (QED) is 0.491. The predicted octanol–water partition coefficient (Wildman–Crippen LogP) is 2.51. The molecule has 1 unspecified atom stereocenters. The summed E-state index contributed by atoms with van der Waals surface area (Å²) in [5, 5.41) is 0. The van der Waals surface area contributed by atoms with E-state index in [1.165, 1.54) is 5.56 Å². The zero-order valence-corrected chi connectivity index (χ0v) is 12.5. The summed E-state index contributed by atoms with van der Waals surface area (Å²) >= 11 is 0. The van der Waals surface area contributed by atoms with E-state index in [4.69, 9.17) is 10.6 Å². The van der Waals surface area contributed by atoms with Gasteiger partial charge in [0.25, 0.3) is 0 Å². The number of aromatic nitrogens is 2. The van der Waals surface area contributed by atoms with E-state index in [0.717, 1.165) is 31.4 Å². The molecule has 0 fully saturated rings. The van der Waals surface area contributed by atoms with Gasteiger partial charge in [0.15, 0.2) is 0 Å². The van der Waals surface area contributed by atoms with Crippen LogP contribution >= 0.6 is 0 Å². The number of rotatable bonds is 9. The van der Waals surface area contributed by atoms with Crippen molar-refractivity contribution in [1.29, 1.82) is 0 Å². The Balaban J connectivity index is 1.79. The van der Waals surface area contributed by atoms with Gasteiger partial charge in [-0.3, -0.25) is 4.84 Å². The third kappa shape index (κ3) is 5.57. The van der Waals surface area contributed by atoms with E-state index in [1.54, 1.807) is 6.33 Å². The number of primary amides is 1. The highest BCUT2D eigenvalue weighted by molar-refractivity contribution is 5.70. The summed E-state index contributed by atoms with van der Waals surface area (Å²) < 4.78 is 0. The van der Waals surface area contributed by atoms with E-state index in [-0.39, 0.29) is 0 Å². The van der Waals surface area contributed by atoms with Crippen LogP contribution in [0.25, 0.3) is 0 Å². The number of benzene rings is 1. The first-order valence-corrected chi connectivity index (χ1v) is 7.45. The summed E-state index contributed by atoms with van der Waals surface area (Å²) in [5.41, 5.74) is 9.46. The first-order chi connectivity index (χ1) is 10.8. The van der Waals surface area contributed by atoms with Gasteiger partial charge < -0.3 is 10.7 Å². The highest BCUT2D eigenvalue weighted by Gasteiger charge is 2.13. The van der Waals surface area contributed by atoms with Crippen LogP contribution < -0.4 is 11.2 Å². The Labute approximate surface area is 130 Å². The number of nitrogens with two attached hydrogens (primary N) is 1. The zero-order valence-electron chi connectivity index (χ0n) is 12.5. The molecular formula is C16H22N4O2. The summed E-state index contributed by atoms with van der Waals surface area (Å²) in [6.45, 7) is 0.409. The van der Waals surface area contributed by atoms with Crippen molar-refractivity contribution in [3.63, 3.8) is 0 Å². The van der Waals surface area contributed by atoms with Crippen LogP contribution in [0.1, 0.15) is 36.4 Å². The smallest absolute Gasteiger partial charge is 0.336 e. The average Bonchev–Trinajstić information content (AvgIpc) is 3.04. The molecule has 4 N–H and O–H groups in total. The fourth-order valence-electron chi connectivity index (χ4n) is 2.46. The van der Waals surface area contributed by atoms with Gasteiger partial charge in [-0.25, -0.2) is 15.3 Å². The van der Waals surface area contributed by atoms with Gasteiger partial charge in [-0.1, -0.05) is 30.3 Å². The SMILES string of the molecule is NC(=O)NOCCC(CCCc1ccccc1)c1c[nH]cn1. The second-order valence-electron chi connectivity index (χ2n) is 5.17. The first kappa shape index (κ1) is 16.0. The lowest BCUT2D eigenvalue weighted by Crippen LogP contribution is -2.30. The van der Waals surface area contributed by atoms with Crippen LogP contribution in [0, 0.1) is 0 Å². The topological polar surface area (TPSA) is 93.0 Å². The molecule has 0 aliphatic rings. The van der Waals surface area contributed by atoms with Crippen molar-refractivity contribution in [2.75, 3.05) is 6.61 Å². The Hall–Kier alpha value is -2.34. The van der Waals surface area contributed by atoms with Crippen molar-refractivity contribution >= 4 is 6.03 Å². The lowest BCUT2D eigenvalue weighted by atomic mass is 9.94. The number of urea groups is 1. The van der Waals surface area contributed by atoms with Crippen LogP contribution in [0.3, 0.4) is 0 Å². The maximum Gasteiger partial charge on any atom is 0.336 e. The number of hydrogen-bond acceptors (Lipinski definition) is 3. The monoisotopic (exact) mass is 302 g/mol. The summed E-state index contributed by atoms with van der Waals surface area (Å²) in [6.07, 6.45) is 7.50. The molecule has 2 rings (SSSR count). The van der Waals surface area contributed by atoms with Gasteiger partial charge in [-0.05, 0) is 31.2 Å². The zero-order chi connectivity index (χ0) is 15.6. The average molecular weight is 302 g/mol. The number of nitrogens with one attached hydrogen (secondary N) is 2. The number of H-pyrrole nitrogens is 1. The number of aromatic amines is 1. The van der Waals surface area contributed by atoms with Crippen molar-refractivity contribution in [2.45, 2.75) is 31.6 Å². The number of imidazole rings is 1. The first-order valence-electron chi connectivity index (χ1n) is 7.45. The molecule has 0 aliphatic heterocycles. The third-order valence-corrected chi connectivity index (χ3v) is 3.54. The van der Waals surface area contributed by atoms with Gasteiger partial charge in [-0.2, -0.15) is 0 Å². The van der Waals surface area contributed by atoms with Crippen molar-refractivity contribution < 1.29 is 9.63 Å². The number of hydroxylamine groups is 1. The van der Waals surface area contributed by atoms with Crippen LogP contribution in [-0.2, 0) is 11.3 Å². The summed E-state index contributed by atoms with van der Waals surface area (Å²) in [4.78, 5) is 22.9. The molecule has 0 radical (unpaired) electrons. The van der Waals surface area contributed by atoms with Gasteiger partial charge in [-0.15, -0.1) is 0 Å². The number of nitrogens with zero attached hydrogens (tertiary/aromatic N) is 1. The molecule has 0 aliphatic carbocycles. The molecule has 118 valence electrons. The minimum Gasteiger partial charge on any atom is -0.351 e. The van der Waals surface area contributed by atoms with Gasteiger partial charge >= 0.3 is 6.03 Å². The van der Waals surface area contributed by atoms with Crippen LogP contribution in [0.5, 0.6) is 0 Å². The van der Waals surface area contributed by atoms with Crippen molar-refractivity contribution in [3.8, 4) is 0 Å². The Morgan fingerprint density at radius 3 is 2.82 bits per heavy atom. The Kier molecular flexibility index (Phi) is 6.44. The number of hydrogen-bond donors (Lipinski definition) is 3. The lowest BCUT2D eigenvalue weighted by molar-refractivity contribution is 0.0589. The molecule has 1 aromatic heterocycles. The van der Waals surface area contributed by atoms with E-state index in [1.807, 2.05) is 12.3 Å². The standard InChI is InChI=1S/C16H22N4O2/c17-16(21)20-22-10-9-14(15-11-18-12-19-15)8-4-7-13-5-2-1-3-6-13/h1-3,5-6,11-12,14H,4,7-10H2,(H,18,19)(H3,17,20,21). The van der Waals surface area contributed by atoms with Crippen LogP contribution in [0.15, 0.2) is 42.9 Å². The number of carbonyl (C=O) groups excluding carboxylic acids is 1. The molecule has 1 atom stereocenters. The van der Waals surface area contributed by atoms with Gasteiger partial charge in [0, 0.05) is 12.1 Å². The van der Waals surface area contributed by atoms with E-state index in [0.29, 0.717) is 12.5 Å².